The van der Waals surface area contributed by atoms with Gasteiger partial charge in [0.2, 0.25) is 5.91 Å². The highest BCUT2D eigenvalue weighted by Gasteiger charge is 2.36. The van der Waals surface area contributed by atoms with Crippen molar-refractivity contribution in [3.05, 3.63) is 35.9 Å². The quantitative estimate of drug-likeness (QED) is 0.855. The molecule has 0 atom stereocenters. The molecule has 1 amide bonds. The molecule has 19 heavy (non-hydrogen) atoms. The number of carboxylic acids is 1. The average molecular weight is 261 g/mol. The van der Waals surface area contributed by atoms with Crippen molar-refractivity contribution in [3.8, 4) is 0 Å². The Kier molecular flexibility index (Phi) is 4.20. The van der Waals surface area contributed by atoms with E-state index in [4.69, 9.17) is 5.11 Å². The smallest absolute Gasteiger partial charge is 0.303 e. The third kappa shape index (κ3) is 3.34. The van der Waals surface area contributed by atoms with Crippen molar-refractivity contribution in [2.45, 2.75) is 44.1 Å². The molecule has 1 aromatic rings. The fourth-order valence-corrected chi connectivity index (χ4v) is 2.77. The van der Waals surface area contributed by atoms with Crippen LogP contribution in [0.5, 0.6) is 0 Å². The fourth-order valence-electron chi connectivity index (χ4n) is 2.77. The number of aliphatic carboxylic acids is 1. The molecule has 0 aromatic heterocycles. The number of rotatable bonds is 5. The molecule has 1 fully saturated rings. The molecule has 0 bridgehead atoms. The SMILES string of the molecule is O=C(O)CCC(=O)NC1(c2ccccc2)CCCC1. The maximum absolute atomic E-state index is 11.9. The van der Waals surface area contributed by atoms with Gasteiger partial charge in [-0.3, -0.25) is 9.59 Å². The van der Waals surface area contributed by atoms with Gasteiger partial charge >= 0.3 is 5.97 Å². The highest BCUT2D eigenvalue weighted by Crippen LogP contribution is 2.38. The molecule has 1 aliphatic carbocycles. The zero-order valence-electron chi connectivity index (χ0n) is 10.9. The van der Waals surface area contributed by atoms with Crippen molar-refractivity contribution in [2.75, 3.05) is 0 Å². The fraction of sp³-hybridized carbons (Fsp3) is 0.467. The summed E-state index contributed by atoms with van der Waals surface area (Å²) < 4.78 is 0. The lowest BCUT2D eigenvalue weighted by Crippen LogP contribution is -2.43. The number of amides is 1. The zero-order valence-corrected chi connectivity index (χ0v) is 10.9. The lowest BCUT2D eigenvalue weighted by molar-refractivity contribution is -0.139. The van der Waals surface area contributed by atoms with E-state index < -0.39 is 5.97 Å². The Labute approximate surface area is 112 Å². The summed E-state index contributed by atoms with van der Waals surface area (Å²) in [5, 5.41) is 11.7. The molecule has 0 unspecified atom stereocenters. The van der Waals surface area contributed by atoms with Crippen LogP contribution >= 0.6 is 0 Å². The highest BCUT2D eigenvalue weighted by molar-refractivity contribution is 5.81. The monoisotopic (exact) mass is 261 g/mol. The van der Waals surface area contributed by atoms with Crippen molar-refractivity contribution in [1.82, 2.24) is 5.32 Å². The van der Waals surface area contributed by atoms with E-state index in [-0.39, 0.29) is 24.3 Å². The highest BCUT2D eigenvalue weighted by atomic mass is 16.4. The summed E-state index contributed by atoms with van der Waals surface area (Å²) >= 11 is 0. The molecule has 2 rings (SSSR count). The molecule has 0 aliphatic heterocycles. The van der Waals surface area contributed by atoms with Gasteiger partial charge in [0, 0.05) is 6.42 Å². The van der Waals surface area contributed by atoms with E-state index in [1.807, 2.05) is 30.3 Å². The van der Waals surface area contributed by atoms with Gasteiger partial charge in [-0.05, 0) is 18.4 Å². The van der Waals surface area contributed by atoms with E-state index in [9.17, 15) is 9.59 Å². The van der Waals surface area contributed by atoms with Gasteiger partial charge in [-0.2, -0.15) is 0 Å². The van der Waals surface area contributed by atoms with Gasteiger partial charge in [-0.15, -0.1) is 0 Å². The Morgan fingerprint density at radius 2 is 1.74 bits per heavy atom. The van der Waals surface area contributed by atoms with Crippen LogP contribution in [0.1, 0.15) is 44.1 Å². The van der Waals surface area contributed by atoms with Crippen molar-refractivity contribution in [1.29, 1.82) is 0 Å². The van der Waals surface area contributed by atoms with Crippen LogP contribution in [-0.2, 0) is 15.1 Å². The third-order valence-corrected chi connectivity index (χ3v) is 3.73. The number of nitrogens with one attached hydrogen (secondary N) is 1. The number of carbonyl (C=O) groups excluding carboxylic acids is 1. The van der Waals surface area contributed by atoms with Crippen LogP contribution in [0, 0.1) is 0 Å². The molecule has 1 aromatic carbocycles. The molecule has 4 nitrogen and oxygen atoms in total. The lowest BCUT2D eigenvalue weighted by Gasteiger charge is -2.31. The predicted octanol–water partition coefficient (Wildman–Crippen LogP) is 2.44. The summed E-state index contributed by atoms with van der Waals surface area (Å²) in [7, 11) is 0. The van der Waals surface area contributed by atoms with Crippen LogP contribution in [0.3, 0.4) is 0 Å². The molecule has 0 spiro atoms. The summed E-state index contributed by atoms with van der Waals surface area (Å²) in [6.07, 6.45) is 3.97. The van der Waals surface area contributed by atoms with E-state index in [1.165, 1.54) is 0 Å². The maximum atomic E-state index is 11.9. The second-order valence-corrected chi connectivity index (χ2v) is 5.10. The molecule has 4 heteroatoms. The van der Waals surface area contributed by atoms with Crippen LogP contribution < -0.4 is 5.32 Å². The summed E-state index contributed by atoms with van der Waals surface area (Å²) in [6.45, 7) is 0. The molecule has 102 valence electrons. The normalized spacial score (nSPS) is 17.1. The molecule has 0 radical (unpaired) electrons. The Balaban J connectivity index is 2.08. The van der Waals surface area contributed by atoms with E-state index in [0.29, 0.717) is 0 Å². The van der Waals surface area contributed by atoms with Gasteiger partial charge in [0.15, 0.2) is 0 Å². The number of carboxylic acid groups (broad SMARTS) is 1. The van der Waals surface area contributed by atoms with Gasteiger partial charge in [0.1, 0.15) is 0 Å². The van der Waals surface area contributed by atoms with Gasteiger partial charge in [-0.1, -0.05) is 43.2 Å². The Hall–Kier alpha value is -1.84. The minimum absolute atomic E-state index is 0.0456. The first-order chi connectivity index (χ1) is 9.12. The van der Waals surface area contributed by atoms with E-state index in [1.54, 1.807) is 0 Å². The molecule has 1 aliphatic rings. The summed E-state index contributed by atoms with van der Waals surface area (Å²) in [4.78, 5) is 22.4. The molecular weight excluding hydrogens is 242 g/mol. The van der Waals surface area contributed by atoms with Crippen LogP contribution in [0.4, 0.5) is 0 Å². The molecular formula is C15H19NO3. The number of carbonyl (C=O) groups is 2. The van der Waals surface area contributed by atoms with Crippen LogP contribution in [-0.4, -0.2) is 17.0 Å². The minimum Gasteiger partial charge on any atom is -0.481 e. The number of hydrogen-bond acceptors (Lipinski definition) is 2. The molecule has 2 N–H and O–H groups in total. The van der Waals surface area contributed by atoms with Gasteiger partial charge in [0.05, 0.1) is 12.0 Å². The zero-order chi connectivity index (χ0) is 13.7. The van der Waals surface area contributed by atoms with Crippen LogP contribution in [0.25, 0.3) is 0 Å². The average Bonchev–Trinajstić information content (AvgIpc) is 2.87. The van der Waals surface area contributed by atoms with Gasteiger partial charge < -0.3 is 10.4 Å². The Bertz CT molecular complexity index is 450. The Morgan fingerprint density at radius 1 is 1.11 bits per heavy atom. The van der Waals surface area contributed by atoms with E-state index in [2.05, 4.69) is 5.32 Å². The lowest BCUT2D eigenvalue weighted by atomic mass is 9.88. The van der Waals surface area contributed by atoms with Crippen LogP contribution in [0.15, 0.2) is 30.3 Å². The third-order valence-electron chi connectivity index (χ3n) is 3.73. The summed E-state index contributed by atoms with van der Waals surface area (Å²) in [5.41, 5.74) is 0.827. The van der Waals surface area contributed by atoms with Crippen molar-refractivity contribution in [2.24, 2.45) is 0 Å². The molecule has 1 saturated carbocycles. The maximum Gasteiger partial charge on any atom is 0.303 e. The number of hydrogen-bond donors (Lipinski definition) is 2. The van der Waals surface area contributed by atoms with Gasteiger partial charge in [0.25, 0.3) is 0 Å². The summed E-state index contributed by atoms with van der Waals surface area (Å²) in [6, 6.07) is 9.96. The Morgan fingerprint density at radius 3 is 2.32 bits per heavy atom. The van der Waals surface area contributed by atoms with E-state index in [0.717, 1.165) is 31.2 Å². The first kappa shape index (κ1) is 13.6. The predicted molar refractivity (Wildman–Crippen MR) is 71.6 cm³/mol. The van der Waals surface area contributed by atoms with E-state index >= 15 is 0 Å². The minimum atomic E-state index is -0.935. The second kappa shape index (κ2) is 5.87. The first-order valence-corrected chi connectivity index (χ1v) is 6.71. The summed E-state index contributed by atoms with van der Waals surface area (Å²) in [5.74, 6) is -1.11. The van der Waals surface area contributed by atoms with Gasteiger partial charge in [-0.25, -0.2) is 0 Å². The standard InChI is InChI=1S/C15H19NO3/c17-13(8-9-14(18)19)16-15(10-4-5-11-15)12-6-2-1-3-7-12/h1-3,6-7H,4-5,8-11H2,(H,16,17)(H,18,19). The first-order valence-electron chi connectivity index (χ1n) is 6.71. The van der Waals surface area contributed by atoms with Crippen molar-refractivity contribution in [3.63, 3.8) is 0 Å². The molecule has 0 saturated heterocycles. The van der Waals surface area contributed by atoms with Crippen molar-refractivity contribution < 1.29 is 14.7 Å². The number of benzene rings is 1. The topological polar surface area (TPSA) is 66.4 Å². The van der Waals surface area contributed by atoms with Crippen LogP contribution in [0.2, 0.25) is 0 Å². The second-order valence-electron chi connectivity index (χ2n) is 5.10. The van der Waals surface area contributed by atoms with Crippen molar-refractivity contribution >= 4 is 11.9 Å². The molecule has 0 heterocycles. The largest absolute Gasteiger partial charge is 0.481 e.